The lowest BCUT2D eigenvalue weighted by Gasteiger charge is -2.05. The lowest BCUT2D eigenvalue weighted by atomic mass is 10.2. The Kier molecular flexibility index (Phi) is 5.01. The van der Waals surface area contributed by atoms with Gasteiger partial charge in [-0.25, -0.2) is 4.99 Å². The van der Waals surface area contributed by atoms with Crippen LogP contribution in [0.25, 0.3) is 11.0 Å². The van der Waals surface area contributed by atoms with E-state index in [-0.39, 0.29) is 0 Å². The van der Waals surface area contributed by atoms with Crippen LogP contribution in [0, 0.1) is 0 Å². The minimum absolute atomic E-state index is 0.425. The first-order chi connectivity index (χ1) is 11.2. The molecule has 0 amide bonds. The van der Waals surface area contributed by atoms with Crippen molar-refractivity contribution in [2.24, 2.45) is 4.99 Å². The normalized spacial score (nSPS) is 12.0. The summed E-state index contributed by atoms with van der Waals surface area (Å²) < 4.78 is 11.5. The van der Waals surface area contributed by atoms with Gasteiger partial charge in [-0.1, -0.05) is 23.2 Å². The maximum absolute atomic E-state index is 6.05. The van der Waals surface area contributed by atoms with Crippen molar-refractivity contribution in [1.29, 1.82) is 0 Å². The lowest BCUT2D eigenvalue weighted by molar-refractivity contribution is 0.131. The zero-order valence-corrected chi connectivity index (χ0v) is 14.1. The molecule has 23 heavy (non-hydrogen) atoms. The predicted molar refractivity (Wildman–Crippen MR) is 93.2 cm³/mol. The molecule has 3 rings (SSSR count). The van der Waals surface area contributed by atoms with Gasteiger partial charge >= 0.3 is 0 Å². The van der Waals surface area contributed by atoms with Crippen molar-refractivity contribution in [2.75, 3.05) is 6.61 Å². The molecule has 0 aliphatic heterocycles. The van der Waals surface area contributed by atoms with E-state index in [0.717, 1.165) is 22.2 Å². The summed E-state index contributed by atoms with van der Waals surface area (Å²) in [5.41, 5.74) is 2.89. The molecule has 3 aromatic rings. The van der Waals surface area contributed by atoms with Crippen LogP contribution in [0.4, 0.5) is 5.69 Å². The van der Waals surface area contributed by atoms with Crippen molar-refractivity contribution in [3.05, 3.63) is 69.7 Å². The van der Waals surface area contributed by atoms with Crippen LogP contribution in [0.5, 0.6) is 0 Å². The first-order valence-corrected chi connectivity index (χ1v) is 8.01. The van der Waals surface area contributed by atoms with Crippen molar-refractivity contribution < 1.29 is 9.15 Å². The molecular weight excluding hydrogens is 333 g/mol. The number of halogens is 2. The van der Waals surface area contributed by atoms with E-state index in [0.29, 0.717) is 28.8 Å². The number of rotatable bonds is 4. The Balaban J connectivity index is 2.15. The van der Waals surface area contributed by atoms with Crippen LogP contribution in [-0.4, -0.2) is 6.61 Å². The van der Waals surface area contributed by atoms with Gasteiger partial charge in [-0.3, -0.25) is 0 Å². The zero-order chi connectivity index (χ0) is 16.2. The molecule has 0 atom stereocenters. The topological polar surface area (TPSA) is 34.7 Å². The van der Waals surface area contributed by atoms with Gasteiger partial charge in [0, 0.05) is 27.6 Å². The van der Waals surface area contributed by atoms with Crippen molar-refractivity contribution in [3.8, 4) is 0 Å². The number of benzene rings is 2. The quantitative estimate of drug-likeness (QED) is 0.623. The molecule has 0 N–H and O–H groups in total. The fourth-order valence-corrected chi connectivity index (χ4v) is 2.49. The van der Waals surface area contributed by atoms with Crippen molar-refractivity contribution in [3.63, 3.8) is 0 Å². The molecule has 118 valence electrons. The summed E-state index contributed by atoms with van der Waals surface area (Å²) in [5, 5.41) is 2.25. The molecule has 1 heterocycles. The summed E-state index contributed by atoms with van der Waals surface area (Å²) in [4.78, 5) is 4.57. The summed E-state index contributed by atoms with van der Waals surface area (Å²) in [7, 11) is 0. The van der Waals surface area contributed by atoms with Gasteiger partial charge in [0.2, 0.25) is 5.55 Å². The highest BCUT2D eigenvalue weighted by atomic mass is 35.5. The van der Waals surface area contributed by atoms with E-state index in [4.69, 9.17) is 32.4 Å². The molecule has 0 fully saturated rings. The minimum Gasteiger partial charge on any atom is -0.438 e. The Morgan fingerprint density at radius 2 is 1.74 bits per heavy atom. The molecule has 0 saturated carbocycles. The number of hydrogen-bond acceptors (Lipinski definition) is 3. The number of nitrogens with zero attached hydrogens (tertiary/aromatic N) is 1. The summed E-state index contributed by atoms with van der Waals surface area (Å²) in [6.07, 6.45) is 0. The SMILES string of the molecule is CCOCc1cc2cc(Cl)ccc2o/c1=N\c1ccc(Cl)cc1. The van der Waals surface area contributed by atoms with Gasteiger partial charge in [-0.15, -0.1) is 0 Å². The summed E-state index contributed by atoms with van der Waals surface area (Å²) >= 11 is 12.0. The maximum atomic E-state index is 6.05. The van der Waals surface area contributed by atoms with Gasteiger partial charge < -0.3 is 9.15 Å². The number of hydrogen-bond donors (Lipinski definition) is 0. The van der Waals surface area contributed by atoms with Crippen LogP contribution in [0.1, 0.15) is 12.5 Å². The van der Waals surface area contributed by atoms with Crippen LogP contribution >= 0.6 is 23.2 Å². The third-order valence-electron chi connectivity index (χ3n) is 3.30. The van der Waals surface area contributed by atoms with Crippen LogP contribution in [0.3, 0.4) is 0 Å². The largest absolute Gasteiger partial charge is 0.438 e. The molecule has 0 radical (unpaired) electrons. The van der Waals surface area contributed by atoms with Gasteiger partial charge in [-0.2, -0.15) is 0 Å². The fourth-order valence-electron chi connectivity index (χ4n) is 2.19. The Bertz CT molecular complexity index is 886. The standard InChI is InChI=1S/C18H15Cl2NO2/c1-2-22-11-13-9-12-10-15(20)5-8-17(12)23-18(13)21-16-6-3-14(19)4-7-16/h3-10H,2,11H2,1H3/b21-18-. The Morgan fingerprint density at radius 1 is 1.00 bits per heavy atom. The second kappa shape index (κ2) is 7.18. The molecule has 1 aromatic heterocycles. The molecule has 0 spiro atoms. The zero-order valence-electron chi connectivity index (χ0n) is 12.6. The highest BCUT2D eigenvalue weighted by molar-refractivity contribution is 6.31. The van der Waals surface area contributed by atoms with E-state index in [9.17, 15) is 0 Å². The smallest absolute Gasteiger partial charge is 0.225 e. The molecule has 0 saturated heterocycles. The lowest BCUT2D eigenvalue weighted by Crippen LogP contribution is -2.10. The molecule has 2 aromatic carbocycles. The van der Waals surface area contributed by atoms with E-state index in [2.05, 4.69) is 4.99 Å². The average Bonchev–Trinajstić information content (AvgIpc) is 2.55. The first-order valence-electron chi connectivity index (χ1n) is 7.26. The molecule has 3 nitrogen and oxygen atoms in total. The Morgan fingerprint density at radius 3 is 2.48 bits per heavy atom. The molecule has 0 unspecified atom stereocenters. The third-order valence-corrected chi connectivity index (χ3v) is 3.79. The molecule has 5 heteroatoms. The van der Waals surface area contributed by atoms with Crippen LogP contribution < -0.4 is 5.55 Å². The van der Waals surface area contributed by atoms with E-state index in [1.807, 2.05) is 37.3 Å². The first kappa shape index (κ1) is 16.1. The summed E-state index contributed by atoms with van der Waals surface area (Å²) in [5.74, 6) is 0. The van der Waals surface area contributed by atoms with Gasteiger partial charge in [0.25, 0.3) is 0 Å². The van der Waals surface area contributed by atoms with Gasteiger partial charge in [0.05, 0.1) is 12.3 Å². The van der Waals surface area contributed by atoms with Crippen molar-refractivity contribution in [1.82, 2.24) is 0 Å². The summed E-state index contributed by atoms with van der Waals surface area (Å²) in [6, 6.07) is 14.8. The summed E-state index contributed by atoms with van der Waals surface area (Å²) in [6.45, 7) is 2.99. The third kappa shape index (κ3) is 3.94. The number of fused-ring (bicyclic) bond motifs is 1. The second-order valence-electron chi connectivity index (χ2n) is 4.98. The van der Waals surface area contributed by atoms with E-state index >= 15 is 0 Å². The Labute approximate surface area is 144 Å². The highest BCUT2D eigenvalue weighted by Crippen LogP contribution is 2.20. The molecular formula is C18H15Cl2NO2. The van der Waals surface area contributed by atoms with Crippen LogP contribution in [0.2, 0.25) is 10.0 Å². The molecule has 0 aliphatic carbocycles. The molecule has 0 bridgehead atoms. The average molecular weight is 348 g/mol. The van der Waals surface area contributed by atoms with E-state index in [1.165, 1.54) is 0 Å². The van der Waals surface area contributed by atoms with Gasteiger partial charge in [0.15, 0.2) is 0 Å². The highest BCUT2D eigenvalue weighted by Gasteiger charge is 2.05. The molecule has 0 aliphatic rings. The van der Waals surface area contributed by atoms with Crippen LogP contribution in [-0.2, 0) is 11.3 Å². The van der Waals surface area contributed by atoms with E-state index < -0.39 is 0 Å². The minimum atomic E-state index is 0.425. The maximum Gasteiger partial charge on any atom is 0.225 e. The monoisotopic (exact) mass is 347 g/mol. The Hall–Kier alpha value is -1.81. The fraction of sp³-hybridized carbons (Fsp3) is 0.167. The van der Waals surface area contributed by atoms with Gasteiger partial charge in [-0.05, 0) is 55.5 Å². The van der Waals surface area contributed by atoms with E-state index in [1.54, 1.807) is 18.2 Å². The second-order valence-corrected chi connectivity index (χ2v) is 5.86. The van der Waals surface area contributed by atoms with Crippen molar-refractivity contribution >= 4 is 39.9 Å². The number of ether oxygens (including phenoxy) is 1. The van der Waals surface area contributed by atoms with Crippen LogP contribution in [0.15, 0.2) is 57.9 Å². The predicted octanol–water partition coefficient (Wildman–Crippen LogP) is 5.51. The van der Waals surface area contributed by atoms with Crippen molar-refractivity contribution in [2.45, 2.75) is 13.5 Å². The van der Waals surface area contributed by atoms with Gasteiger partial charge in [0.1, 0.15) is 5.58 Å².